The Morgan fingerprint density at radius 2 is 2.06 bits per heavy atom. The first kappa shape index (κ1) is 11.2. The number of nitrogens with zero attached hydrogens (tertiary/aromatic N) is 1. The van der Waals surface area contributed by atoms with Gasteiger partial charge in [0.1, 0.15) is 11.3 Å². The molecule has 88 valence electrons. The minimum absolute atomic E-state index is 0.0589. The van der Waals surface area contributed by atoms with Crippen molar-refractivity contribution >= 4 is 26.9 Å². The molecule has 3 rings (SSSR count). The van der Waals surface area contributed by atoms with E-state index in [9.17, 15) is 4.79 Å². The summed E-state index contributed by atoms with van der Waals surface area (Å²) in [5.41, 5.74) is 1.31. The maximum atomic E-state index is 12.0. The van der Waals surface area contributed by atoms with Crippen LogP contribution in [0.2, 0.25) is 0 Å². The molecule has 0 saturated carbocycles. The molecule has 4 heteroatoms. The van der Waals surface area contributed by atoms with E-state index < -0.39 is 0 Å². The number of hydrogen-bond donors (Lipinski definition) is 0. The lowest BCUT2D eigenvalue weighted by molar-refractivity contribution is 0.618. The summed E-state index contributed by atoms with van der Waals surface area (Å²) in [5.74, 6) is 0.530. The van der Waals surface area contributed by atoms with Gasteiger partial charge in [-0.25, -0.2) is 0 Å². The van der Waals surface area contributed by atoms with Crippen LogP contribution in [0.1, 0.15) is 0 Å². The van der Waals surface area contributed by atoms with Crippen LogP contribution in [0.15, 0.2) is 62.5 Å². The van der Waals surface area contributed by atoms with Gasteiger partial charge in [-0.05, 0) is 30.3 Å². The van der Waals surface area contributed by atoms with Gasteiger partial charge < -0.3 is 4.42 Å². The van der Waals surface area contributed by atoms with Gasteiger partial charge >= 0.3 is 0 Å². The summed E-state index contributed by atoms with van der Waals surface area (Å²) in [6.07, 6.45) is 3.35. The van der Waals surface area contributed by atoms with Crippen molar-refractivity contribution in [3.63, 3.8) is 0 Å². The summed E-state index contributed by atoms with van der Waals surface area (Å²) >= 11 is 3.34. The van der Waals surface area contributed by atoms with Crippen LogP contribution in [0, 0.1) is 0 Å². The highest BCUT2D eigenvalue weighted by molar-refractivity contribution is 9.10. The Morgan fingerprint density at radius 1 is 1.17 bits per heavy atom. The van der Waals surface area contributed by atoms with Gasteiger partial charge in [-0.2, -0.15) is 0 Å². The lowest BCUT2D eigenvalue weighted by atomic mass is 10.1. The normalized spacial score (nSPS) is 10.7. The van der Waals surface area contributed by atoms with E-state index in [1.807, 2.05) is 12.1 Å². The average molecular weight is 302 g/mol. The molecular weight excluding hydrogens is 294 g/mol. The Morgan fingerprint density at radius 3 is 2.83 bits per heavy atom. The van der Waals surface area contributed by atoms with Gasteiger partial charge in [-0.15, -0.1) is 0 Å². The number of halogens is 1. The Balaban J connectivity index is 2.29. The number of fused-ring (bicyclic) bond motifs is 1. The van der Waals surface area contributed by atoms with Crippen molar-refractivity contribution in [3.05, 3.63) is 63.5 Å². The summed E-state index contributed by atoms with van der Waals surface area (Å²) in [6, 6.07) is 10.5. The van der Waals surface area contributed by atoms with Crippen molar-refractivity contribution in [2.45, 2.75) is 0 Å². The van der Waals surface area contributed by atoms with Crippen LogP contribution in [-0.2, 0) is 0 Å². The highest BCUT2D eigenvalue weighted by Gasteiger charge is 2.07. The van der Waals surface area contributed by atoms with E-state index in [1.165, 1.54) is 6.07 Å². The third-order valence-corrected chi connectivity index (χ3v) is 3.13. The molecule has 0 fully saturated rings. The molecule has 0 bridgehead atoms. The Bertz CT molecular complexity index is 766. The molecular formula is C14H8BrNO2. The van der Waals surface area contributed by atoms with Crippen molar-refractivity contribution in [3.8, 4) is 11.3 Å². The Kier molecular flexibility index (Phi) is 2.72. The molecule has 0 saturated heterocycles. The lowest BCUT2D eigenvalue weighted by Crippen LogP contribution is -2.00. The van der Waals surface area contributed by atoms with Crippen LogP contribution in [0.4, 0.5) is 0 Å². The average Bonchev–Trinajstić information content (AvgIpc) is 2.40. The van der Waals surface area contributed by atoms with E-state index in [4.69, 9.17) is 4.42 Å². The van der Waals surface area contributed by atoms with Crippen molar-refractivity contribution < 1.29 is 4.42 Å². The van der Waals surface area contributed by atoms with Gasteiger partial charge in [0.25, 0.3) is 0 Å². The van der Waals surface area contributed by atoms with E-state index >= 15 is 0 Å². The molecule has 3 nitrogen and oxygen atoms in total. The molecule has 0 N–H and O–H groups in total. The third-order valence-electron chi connectivity index (χ3n) is 2.64. The molecule has 0 aliphatic heterocycles. The zero-order valence-corrected chi connectivity index (χ0v) is 10.8. The quantitative estimate of drug-likeness (QED) is 0.689. The molecule has 0 amide bonds. The van der Waals surface area contributed by atoms with Gasteiger partial charge in [0, 0.05) is 28.5 Å². The van der Waals surface area contributed by atoms with Gasteiger partial charge in [-0.1, -0.05) is 15.9 Å². The standard InChI is InChI=1S/C14H8BrNO2/c15-10-3-4-13-11(6-10)12(17)7-14(18-13)9-2-1-5-16-8-9/h1-8H. The monoisotopic (exact) mass is 301 g/mol. The molecule has 1 aromatic carbocycles. The Labute approximate surface area is 111 Å². The smallest absolute Gasteiger partial charge is 0.193 e. The number of pyridine rings is 1. The Hall–Kier alpha value is -1.94. The molecule has 0 aliphatic rings. The highest BCUT2D eigenvalue weighted by Crippen LogP contribution is 2.23. The van der Waals surface area contributed by atoms with Crippen molar-refractivity contribution in [1.82, 2.24) is 4.98 Å². The largest absolute Gasteiger partial charge is 0.456 e. The SMILES string of the molecule is O=c1cc(-c2cccnc2)oc2ccc(Br)cc12. The molecule has 3 aromatic rings. The van der Waals surface area contributed by atoms with Crippen LogP contribution < -0.4 is 5.43 Å². The maximum absolute atomic E-state index is 12.0. The fourth-order valence-electron chi connectivity index (χ4n) is 1.78. The summed E-state index contributed by atoms with van der Waals surface area (Å²) in [7, 11) is 0. The fourth-order valence-corrected chi connectivity index (χ4v) is 2.14. The molecule has 0 radical (unpaired) electrons. The molecule has 18 heavy (non-hydrogen) atoms. The summed E-state index contributed by atoms with van der Waals surface area (Å²) in [4.78, 5) is 16.0. The van der Waals surface area contributed by atoms with Gasteiger partial charge in [0.2, 0.25) is 0 Å². The zero-order valence-electron chi connectivity index (χ0n) is 9.26. The van der Waals surface area contributed by atoms with E-state index in [-0.39, 0.29) is 5.43 Å². The van der Waals surface area contributed by atoms with Crippen LogP contribution in [0.3, 0.4) is 0 Å². The first-order valence-electron chi connectivity index (χ1n) is 5.38. The van der Waals surface area contributed by atoms with Gasteiger partial charge in [0.05, 0.1) is 5.39 Å². The lowest BCUT2D eigenvalue weighted by Gasteiger charge is -2.02. The molecule has 0 aliphatic carbocycles. The van der Waals surface area contributed by atoms with E-state index in [2.05, 4.69) is 20.9 Å². The van der Waals surface area contributed by atoms with E-state index in [1.54, 1.807) is 30.6 Å². The minimum Gasteiger partial charge on any atom is -0.456 e. The third kappa shape index (κ3) is 1.95. The van der Waals surface area contributed by atoms with E-state index in [0.29, 0.717) is 16.7 Å². The van der Waals surface area contributed by atoms with Crippen LogP contribution in [0.5, 0.6) is 0 Å². The second-order valence-electron chi connectivity index (χ2n) is 3.86. The van der Waals surface area contributed by atoms with Crippen LogP contribution in [-0.4, -0.2) is 4.98 Å². The first-order chi connectivity index (χ1) is 8.74. The second-order valence-corrected chi connectivity index (χ2v) is 4.77. The predicted molar refractivity (Wildman–Crippen MR) is 73.4 cm³/mol. The van der Waals surface area contributed by atoms with E-state index in [0.717, 1.165) is 10.0 Å². The highest BCUT2D eigenvalue weighted by atomic mass is 79.9. The first-order valence-corrected chi connectivity index (χ1v) is 6.17. The van der Waals surface area contributed by atoms with Gasteiger partial charge in [-0.3, -0.25) is 9.78 Å². The number of hydrogen-bond acceptors (Lipinski definition) is 3. The van der Waals surface area contributed by atoms with Crippen molar-refractivity contribution in [2.24, 2.45) is 0 Å². The number of aromatic nitrogens is 1. The summed E-state index contributed by atoms with van der Waals surface area (Å²) in [5, 5.41) is 0.567. The zero-order chi connectivity index (χ0) is 12.5. The molecule has 0 spiro atoms. The summed E-state index contributed by atoms with van der Waals surface area (Å²) < 4.78 is 6.58. The number of rotatable bonds is 1. The van der Waals surface area contributed by atoms with Crippen molar-refractivity contribution in [1.29, 1.82) is 0 Å². The van der Waals surface area contributed by atoms with Crippen LogP contribution >= 0.6 is 15.9 Å². The van der Waals surface area contributed by atoms with Crippen LogP contribution in [0.25, 0.3) is 22.3 Å². The van der Waals surface area contributed by atoms with Gasteiger partial charge in [0.15, 0.2) is 5.43 Å². The fraction of sp³-hybridized carbons (Fsp3) is 0. The predicted octanol–water partition coefficient (Wildman–Crippen LogP) is 3.62. The number of benzene rings is 1. The minimum atomic E-state index is -0.0589. The maximum Gasteiger partial charge on any atom is 0.193 e. The summed E-state index contributed by atoms with van der Waals surface area (Å²) in [6.45, 7) is 0. The molecule has 0 unspecified atom stereocenters. The molecule has 2 heterocycles. The topological polar surface area (TPSA) is 43.1 Å². The molecule has 0 atom stereocenters. The second kappa shape index (κ2) is 4.38. The molecule has 2 aromatic heterocycles. The van der Waals surface area contributed by atoms with Crippen molar-refractivity contribution in [2.75, 3.05) is 0 Å².